The fraction of sp³-hybridized carbons (Fsp3) is 0.833. The molecule has 3 nitrogen and oxygen atoms in total. The van der Waals surface area contributed by atoms with Gasteiger partial charge in [0.15, 0.2) is 0 Å². The Morgan fingerprint density at radius 3 is 2.67 bits per heavy atom. The number of carbonyl (C=O) groups excluding carboxylic acids is 1. The van der Waals surface area contributed by atoms with Crippen LogP contribution >= 0.6 is 0 Å². The Bertz CT molecular complexity index is 115. The lowest BCUT2D eigenvalue weighted by Crippen LogP contribution is -2.13. The van der Waals surface area contributed by atoms with Crippen molar-refractivity contribution in [3.8, 4) is 0 Å². The van der Waals surface area contributed by atoms with Gasteiger partial charge in [0.2, 0.25) is 6.29 Å². The summed E-state index contributed by atoms with van der Waals surface area (Å²) >= 11 is 0. The van der Waals surface area contributed by atoms with Crippen molar-refractivity contribution in [1.82, 2.24) is 0 Å². The van der Waals surface area contributed by atoms with Crippen LogP contribution in [0, 0.1) is 5.92 Å². The zero-order valence-corrected chi connectivity index (χ0v) is 5.59. The number of carbonyl (C=O) groups is 1. The van der Waals surface area contributed by atoms with Crippen molar-refractivity contribution in [2.75, 3.05) is 6.61 Å². The van der Waals surface area contributed by atoms with Gasteiger partial charge in [-0.1, -0.05) is 13.8 Å². The van der Waals surface area contributed by atoms with E-state index in [4.69, 9.17) is 4.74 Å². The summed E-state index contributed by atoms with van der Waals surface area (Å²) in [5, 5.41) is 0. The van der Waals surface area contributed by atoms with Crippen LogP contribution in [0.2, 0.25) is 0 Å². The third-order valence-corrected chi connectivity index (χ3v) is 1.02. The predicted molar refractivity (Wildman–Crippen MR) is 30.7 cm³/mol. The lowest BCUT2D eigenvalue weighted by molar-refractivity contribution is -0.152. The van der Waals surface area contributed by atoms with Gasteiger partial charge in [-0.05, 0) is 0 Å². The Morgan fingerprint density at radius 2 is 2.33 bits per heavy atom. The highest BCUT2D eigenvalue weighted by Crippen LogP contribution is 2.12. The van der Waals surface area contributed by atoms with Gasteiger partial charge in [-0.25, -0.2) is 0 Å². The summed E-state index contributed by atoms with van der Waals surface area (Å²) in [6, 6.07) is 0. The van der Waals surface area contributed by atoms with Gasteiger partial charge in [0.05, 0.1) is 5.92 Å². The normalized spacial score (nSPS) is 24.1. The smallest absolute Gasteiger partial charge is 0.310 e. The van der Waals surface area contributed by atoms with Gasteiger partial charge < -0.3 is 9.47 Å². The monoisotopic (exact) mass is 130 g/mol. The van der Waals surface area contributed by atoms with Crippen molar-refractivity contribution in [1.29, 1.82) is 0 Å². The van der Waals surface area contributed by atoms with E-state index in [2.05, 4.69) is 4.74 Å². The summed E-state index contributed by atoms with van der Waals surface area (Å²) in [5.74, 6) is -0.230. The van der Waals surface area contributed by atoms with Crippen molar-refractivity contribution in [3.05, 3.63) is 0 Å². The lowest BCUT2D eigenvalue weighted by atomic mass is 10.2. The van der Waals surface area contributed by atoms with E-state index in [-0.39, 0.29) is 18.2 Å². The molecule has 0 radical (unpaired) electrons. The molecule has 1 atom stereocenters. The fourth-order valence-corrected chi connectivity index (χ4v) is 0.373. The van der Waals surface area contributed by atoms with E-state index >= 15 is 0 Å². The van der Waals surface area contributed by atoms with E-state index in [1.54, 1.807) is 13.8 Å². The SMILES string of the molecule is CC(C)C(=O)OC1CO1. The van der Waals surface area contributed by atoms with Gasteiger partial charge in [0.1, 0.15) is 6.61 Å². The highest BCUT2D eigenvalue weighted by Gasteiger charge is 2.27. The third-order valence-electron chi connectivity index (χ3n) is 1.02. The van der Waals surface area contributed by atoms with Gasteiger partial charge in [-0.2, -0.15) is 0 Å². The first-order valence-electron chi connectivity index (χ1n) is 3.02. The van der Waals surface area contributed by atoms with Crippen molar-refractivity contribution in [2.24, 2.45) is 5.92 Å². The molecule has 1 rings (SSSR count). The highest BCUT2D eigenvalue weighted by atomic mass is 16.8. The van der Waals surface area contributed by atoms with Crippen LogP contribution < -0.4 is 0 Å². The molecule has 3 heteroatoms. The van der Waals surface area contributed by atoms with Crippen LogP contribution in [-0.2, 0) is 14.3 Å². The number of hydrogen-bond acceptors (Lipinski definition) is 3. The third kappa shape index (κ3) is 2.01. The van der Waals surface area contributed by atoms with Gasteiger partial charge in [-0.3, -0.25) is 4.79 Å². The first kappa shape index (κ1) is 6.55. The molecular weight excluding hydrogens is 120 g/mol. The van der Waals surface area contributed by atoms with Gasteiger partial charge in [0, 0.05) is 0 Å². The van der Waals surface area contributed by atoms with Crippen molar-refractivity contribution < 1.29 is 14.3 Å². The van der Waals surface area contributed by atoms with Crippen molar-refractivity contribution in [3.63, 3.8) is 0 Å². The average Bonchev–Trinajstić information content (AvgIpc) is 2.50. The minimum absolute atomic E-state index is 0.0470. The maximum atomic E-state index is 10.7. The summed E-state index contributed by atoms with van der Waals surface area (Å²) in [7, 11) is 0. The second-order valence-electron chi connectivity index (χ2n) is 2.35. The second kappa shape index (κ2) is 2.35. The molecule has 0 spiro atoms. The first-order valence-corrected chi connectivity index (χ1v) is 3.02. The minimum Gasteiger partial charge on any atom is -0.433 e. The van der Waals surface area contributed by atoms with Crippen LogP contribution in [0.15, 0.2) is 0 Å². The molecule has 0 aromatic heterocycles. The molecule has 0 N–H and O–H groups in total. The lowest BCUT2D eigenvalue weighted by Gasteiger charge is -2.01. The summed E-state index contributed by atoms with van der Waals surface area (Å²) in [4.78, 5) is 10.7. The Balaban J connectivity index is 2.17. The maximum Gasteiger partial charge on any atom is 0.310 e. The highest BCUT2D eigenvalue weighted by molar-refractivity contribution is 5.71. The quantitative estimate of drug-likeness (QED) is 0.404. The van der Waals surface area contributed by atoms with Gasteiger partial charge >= 0.3 is 5.97 Å². The standard InChI is InChI=1S/C6H10O3/c1-4(2)6(7)9-5-3-8-5/h4-5H,3H2,1-2H3. The van der Waals surface area contributed by atoms with Crippen LogP contribution in [-0.4, -0.2) is 18.9 Å². The number of ether oxygens (including phenoxy) is 2. The molecule has 1 aliphatic rings. The van der Waals surface area contributed by atoms with E-state index in [1.807, 2.05) is 0 Å². The van der Waals surface area contributed by atoms with Crippen LogP contribution in [0.25, 0.3) is 0 Å². The maximum absolute atomic E-state index is 10.7. The molecule has 0 aromatic carbocycles. The number of rotatable bonds is 2. The van der Waals surface area contributed by atoms with Crippen molar-refractivity contribution >= 4 is 5.97 Å². The summed E-state index contributed by atoms with van der Waals surface area (Å²) < 4.78 is 9.45. The molecular formula is C6H10O3. The molecule has 1 fully saturated rings. The summed E-state index contributed by atoms with van der Waals surface area (Å²) in [6.45, 7) is 4.16. The van der Waals surface area contributed by atoms with Gasteiger partial charge in [0.25, 0.3) is 0 Å². The molecule has 1 saturated heterocycles. The Hall–Kier alpha value is -0.570. The van der Waals surface area contributed by atoms with E-state index in [0.29, 0.717) is 6.61 Å². The molecule has 1 unspecified atom stereocenters. The topological polar surface area (TPSA) is 38.8 Å². The zero-order chi connectivity index (χ0) is 6.85. The zero-order valence-electron chi connectivity index (χ0n) is 5.59. The van der Waals surface area contributed by atoms with Crippen molar-refractivity contribution in [2.45, 2.75) is 20.1 Å². The largest absolute Gasteiger partial charge is 0.433 e. The Morgan fingerprint density at radius 1 is 1.78 bits per heavy atom. The van der Waals surface area contributed by atoms with Crippen LogP contribution in [0.5, 0.6) is 0 Å². The Kier molecular flexibility index (Phi) is 1.71. The van der Waals surface area contributed by atoms with Crippen LogP contribution in [0.1, 0.15) is 13.8 Å². The molecule has 1 aliphatic heterocycles. The predicted octanol–water partition coefficient (Wildman–Crippen LogP) is 0.542. The van der Waals surface area contributed by atoms with E-state index < -0.39 is 0 Å². The Labute approximate surface area is 53.9 Å². The van der Waals surface area contributed by atoms with E-state index in [1.165, 1.54) is 0 Å². The second-order valence-corrected chi connectivity index (χ2v) is 2.35. The average molecular weight is 130 g/mol. The van der Waals surface area contributed by atoms with Crippen LogP contribution in [0.3, 0.4) is 0 Å². The molecule has 0 aliphatic carbocycles. The molecule has 0 saturated carbocycles. The first-order chi connectivity index (χ1) is 4.20. The number of epoxide rings is 1. The number of hydrogen-bond donors (Lipinski definition) is 0. The fourth-order valence-electron chi connectivity index (χ4n) is 0.373. The molecule has 0 bridgehead atoms. The van der Waals surface area contributed by atoms with E-state index in [0.717, 1.165) is 0 Å². The number of esters is 1. The van der Waals surface area contributed by atoms with E-state index in [9.17, 15) is 4.79 Å². The molecule has 52 valence electrons. The molecule has 1 heterocycles. The molecule has 0 amide bonds. The minimum atomic E-state index is -0.236. The summed E-state index contributed by atoms with van der Waals surface area (Å²) in [6.07, 6.45) is -0.236. The van der Waals surface area contributed by atoms with Crippen LogP contribution in [0.4, 0.5) is 0 Å². The van der Waals surface area contributed by atoms with Gasteiger partial charge in [-0.15, -0.1) is 0 Å². The summed E-state index contributed by atoms with van der Waals surface area (Å²) in [5.41, 5.74) is 0. The molecule has 9 heavy (non-hydrogen) atoms. The molecule has 0 aromatic rings.